The van der Waals surface area contributed by atoms with Crippen molar-refractivity contribution in [1.29, 1.82) is 0 Å². The molecule has 43 heavy (non-hydrogen) atoms. The molecule has 0 bridgehead atoms. The van der Waals surface area contributed by atoms with E-state index >= 15 is 0 Å². The van der Waals surface area contributed by atoms with Crippen molar-refractivity contribution in [2.45, 2.75) is 145 Å². The number of ether oxygens (including phenoxy) is 1. The molecular weight excluding hydrogens is 536 g/mol. The molecule has 0 aromatic heterocycles. The first-order valence-electron chi connectivity index (χ1n) is 17.6. The Morgan fingerprint density at radius 1 is 0.907 bits per heavy atom. The van der Waals surface area contributed by atoms with Crippen LogP contribution < -0.4 is 0 Å². The van der Waals surface area contributed by atoms with E-state index in [1.807, 2.05) is 7.11 Å². The third kappa shape index (κ3) is 5.18. The molecule has 5 heteroatoms. The largest absolute Gasteiger partial charge is 0.481 e. The lowest BCUT2D eigenvalue weighted by Crippen LogP contribution is -2.66. The van der Waals surface area contributed by atoms with Crippen LogP contribution in [0, 0.1) is 68.0 Å². The van der Waals surface area contributed by atoms with E-state index in [4.69, 9.17) is 9.84 Å². The van der Waals surface area contributed by atoms with E-state index in [1.54, 1.807) is 0 Å². The summed E-state index contributed by atoms with van der Waals surface area (Å²) in [7, 11) is 1.94. The van der Waals surface area contributed by atoms with Gasteiger partial charge >= 0.3 is 5.97 Å². The van der Waals surface area contributed by atoms with Gasteiger partial charge in [-0.3, -0.25) is 4.79 Å². The fraction of sp³-hybridized carbons (Fsp3) is 0.921. The SMILES string of the molecule is CC(C)(CC=O)C(=O)O.CCC(C)[C@@H]1CC[C@]2(C=O)CC[C@]3(C)C(CCC4[C@@]5(C)CC[C@H](OC)C(C)(C)C5CC[C@]43C)C12. The molecule has 5 unspecified atom stereocenters. The van der Waals surface area contributed by atoms with Crippen LogP contribution in [0.3, 0.4) is 0 Å². The molecule has 5 saturated carbocycles. The molecule has 0 heterocycles. The van der Waals surface area contributed by atoms with Crippen LogP contribution in [0.25, 0.3) is 0 Å². The van der Waals surface area contributed by atoms with E-state index in [0.29, 0.717) is 34.6 Å². The van der Waals surface area contributed by atoms with Crippen molar-refractivity contribution in [3.05, 3.63) is 0 Å². The Kier molecular flexibility index (Phi) is 9.55. The Morgan fingerprint density at radius 3 is 2.12 bits per heavy atom. The molecule has 0 amide bonds. The molecule has 5 nitrogen and oxygen atoms in total. The van der Waals surface area contributed by atoms with E-state index in [1.165, 1.54) is 77.9 Å². The summed E-state index contributed by atoms with van der Waals surface area (Å²) >= 11 is 0. The topological polar surface area (TPSA) is 80.7 Å². The van der Waals surface area contributed by atoms with Gasteiger partial charge in [-0.05, 0) is 135 Å². The van der Waals surface area contributed by atoms with Gasteiger partial charge in [0.15, 0.2) is 0 Å². The number of aldehydes is 2. The number of methoxy groups -OCH3 is 1. The molecule has 246 valence electrons. The van der Waals surface area contributed by atoms with Crippen molar-refractivity contribution in [2.75, 3.05) is 7.11 Å². The molecule has 5 aliphatic carbocycles. The number of hydrogen-bond acceptors (Lipinski definition) is 4. The minimum atomic E-state index is -0.936. The van der Waals surface area contributed by atoms with Gasteiger partial charge in [-0.1, -0.05) is 54.9 Å². The maximum Gasteiger partial charge on any atom is 0.309 e. The average Bonchev–Trinajstić information content (AvgIpc) is 3.33. The number of carbonyl (C=O) groups is 3. The van der Waals surface area contributed by atoms with Gasteiger partial charge in [0.2, 0.25) is 0 Å². The summed E-state index contributed by atoms with van der Waals surface area (Å²) in [6.07, 6.45) is 16.7. The molecule has 0 radical (unpaired) electrons. The smallest absolute Gasteiger partial charge is 0.309 e. The standard InChI is InChI=1S/C32H54O2.C6H10O3/c1-9-21(2)22-12-17-32(20-33)19-18-30(6)23(27(22)32)10-11-25-29(5)15-14-26(34-8)28(3,4)24(29)13-16-31(25,30)7;1-6(2,3-4-7)5(8)9/h20-27H,9-19H2,1-8H3;4H,3H2,1-2H3,(H,8,9)/t21?,22-,23?,24?,25?,26-,27?,29-,30+,31+,32+;/m0./s1. The first kappa shape index (κ1) is 34.6. The van der Waals surface area contributed by atoms with Crippen LogP contribution in [-0.4, -0.2) is 36.9 Å². The van der Waals surface area contributed by atoms with E-state index in [9.17, 15) is 14.4 Å². The highest BCUT2D eigenvalue weighted by Crippen LogP contribution is 2.77. The first-order valence-corrected chi connectivity index (χ1v) is 17.6. The number of aliphatic carboxylic acids is 1. The summed E-state index contributed by atoms with van der Waals surface area (Å²) in [5.74, 6) is 3.49. The van der Waals surface area contributed by atoms with Crippen LogP contribution in [0.2, 0.25) is 0 Å². The summed E-state index contributed by atoms with van der Waals surface area (Å²) < 4.78 is 6.05. The Hall–Kier alpha value is -1.23. The third-order valence-corrected chi connectivity index (χ3v) is 15.6. The van der Waals surface area contributed by atoms with Crippen molar-refractivity contribution in [1.82, 2.24) is 0 Å². The fourth-order valence-electron chi connectivity index (χ4n) is 12.5. The molecule has 0 saturated heterocycles. The highest BCUT2D eigenvalue weighted by molar-refractivity contribution is 5.76. The molecule has 5 fully saturated rings. The fourth-order valence-corrected chi connectivity index (χ4v) is 12.5. The van der Waals surface area contributed by atoms with Gasteiger partial charge in [-0.15, -0.1) is 0 Å². The molecule has 0 aromatic rings. The van der Waals surface area contributed by atoms with Crippen LogP contribution in [0.5, 0.6) is 0 Å². The number of carboxylic acid groups (broad SMARTS) is 1. The second-order valence-corrected chi connectivity index (χ2v) is 17.8. The van der Waals surface area contributed by atoms with Crippen LogP contribution in [0.15, 0.2) is 0 Å². The van der Waals surface area contributed by atoms with Crippen LogP contribution in [-0.2, 0) is 19.1 Å². The normalized spacial score (nSPS) is 45.6. The van der Waals surface area contributed by atoms with Crippen molar-refractivity contribution < 1.29 is 24.2 Å². The van der Waals surface area contributed by atoms with E-state index in [-0.39, 0.29) is 17.3 Å². The van der Waals surface area contributed by atoms with Gasteiger partial charge < -0.3 is 19.4 Å². The second kappa shape index (κ2) is 11.8. The minimum Gasteiger partial charge on any atom is -0.481 e. The van der Waals surface area contributed by atoms with Crippen LogP contribution >= 0.6 is 0 Å². The average molecular weight is 601 g/mol. The molecule has 5 rings (SSSR count). The highest BCUT2D eigenvalue weighted by atomic mass is 16.5. The third-order valence-electron chi connectivity index (χ3n) is 15.6. The zero-order valence-electron chi connectivity index (χ0n) is 29.3. The number of rotatable bonds is 7. The number of fused-ring (bicyclic) bond motifs is 7. The minimum absolute atomic E-state index is 0.0128. The highest BCUT2D eigenvalue weighted by Gasteiger charge is 2.71. The Balaban J connectivity index is 0.000000410. The van der Waals surface area contributed by atoms with Crippen molar-refractivity contribution >= 4 is 18.5 Å². The van der Waals surface area contributed by atoms with E-state index in [0.717, 1.165) is 42.4 Å². The van der Waals surface area contributed by atoms with Crippen molar-refractivity contribution in [3.8, 4) is 0 Å². The Morgan fingerprint density at radius 2 is 1.58 bits per heavy atom. The second-order valence-electron chi connectivity index (χ2n) is 17.8. The molecule has 1 N–H and O–H groups in total. The van der Waals surface area contributed by atoms with Crippen LogP contribution in [0.1, 0.15) is 139 Å². The molecule has 11 atom stereocenters. The van der Waals surface area contributed by atoms with E-state index in [2.05, 4.69) is 48.5 Å². The lowest BCUT2D eigenvalue weighted by atomic mass is 9.32. The quantitative estimate of drug-likeness (QED) is 0.295. The van der Waals surface area contributed by atoms with Gasteiger partial charge in [0.25, 0.3) is 0 Å². The van der Waals surface area contributed by atoms with Gasteiger partial charge in [-0.25, -0.2) is 0 Å². The summed E-state index contributed by atoms with van der Waals surface area (Å²) in [6, 6.07) is 0. The van der Waals surface area contributed by atoms with Crippen LogP contribution in [0.4, 0.5) is 0 Å². The predicted molar refractivity (Wildman–Crippen MR) is 173 cm³/mol. The number of carboxylic acids is 1. The molecule has 0 aromatic carbocycles. The van der Waals surface area contributed by atoms with Gasteiger partial charge in [0.1, 0.15) is 12.6 Å². The molecule has 0 aliphatic heterocycles. The maximum atomic E-state index is 12.7. The number of hydrogen-bond donors (Lipinski definition) is 1. The van der Waals surface area contributed by atoms with Crippen molar-refractivity contribution in [3.63, 3.8) is 0 Å². The monoisotopic (exact) mass is 600 g/mol. The Labute approximate surface area is 263 Å². The lowest BCUT2D eigenvalue weighted by Gasteiger charge is -2.73. The molecule has 0 spiro atoms. The lowest BCUT2D eigenvalue weighted by molar-refractivity contribution is -0.248. The summed E-state index contributed by atoms with van der Waals surface area (Å²) in [5.41, 5.74) is 0.536. The Bertz CT molecular complexity index is 1050. The first-order chi connectivity index (χ1) is 20.0. The summed E-state index contributed by atoms with van der Waals surface area (Å²) in [4.78, 5) is 32.8. The zero-order chi connectivity index (χ0) is 32.2. The van der Waals surface area contributed by atoms with Gasteiger partial charge in [0.05, 0.1) is 11.5 Å². The van der Waals surface area contributed by atoms with Gasteiger partial charge in [0, 0.05) is 18.9 Å². The van der Waals surface area contributed by atoms with E-state index < -0.39 is 11.4 Å². The molecular formula is C38H64O5. The predicted octanol–water partition coefficient (Wildman–Crippen LogP) is 9.01. The molecule has 5 aliphatic rings. The van der Waals surface area contributed by atoms with Crippen molar-refractivity contribution in [2.24, 2.45) is 68.0 Å². The van der Waals surface area contributed by atoms with Gasteiger partial charge in [-0.2, -0.15) is 0 Å². The maximum absolute atomic E-state index is 12.7. The summed E-state index contributed by atoms with van der Waals surface area (Å²) in [6.45, 7) is 21.0. The summed E-state index contributed by atoms with van der Waals surface area (Å²) in [5, 5.41) is 8.41. The number of carbonyl (C=O) groups excluding carboxylic acids is 2. The zero-order valence-corrected chi connectivity index (χ0v) is 29.3.